The number of amides is 4. The minimum Gasteiger partial charge on any atom is -0.335 e. The predicted molar refractivity (Wildman–Crippen MR) is 93.9 cm³/mol. The Balaban J connectivity index is 1.50. The van der Waals surface area contributed by atoms with Gasteiger partial charge in [-0.2, -0.15) is 0 Å². The number of hydrogen-bond acceptors (Lipinski definition) is 2. The first-order valence-electron chi connectivity index (χ1n) is 7.95. The third kappa shape index (κ3) is 5.01. The number of urea groups is 2. The van der Waals surface area contributed by atoms with E-state index in [-0.39, 0.29) is 12.1 Å². The second kappa shape index (κ2) is 7.50. The first-order valence-corrected chi connectivity index (χ1v) is 7.95. The number of carbonyl (C=O) groups is 2. The maximum atomic E-state index is 12.0. The van der Waals surface area contributed by atoms with Gasteiger partial charge in [0, 0.05) is 24.0 Å². The van der Waals surface area contributed by atoms with Crippen LogP contribution in [-0.4, -0.2) is 18.1 Å². The van der Waals surface area contributed by atoms with E-state index in [0.717, 1.165) is 24.1 Å². The van der Waals surface area contributed by atoms with Crippen LogP contribution in [-0.2, 0) is 6.54 Å². The van der Waals surface area contributed by atoms with E-state index < -0.39 is 0 Å². The fourth-order valence-electron chi connectivity index (χ4n) is 2.22. The zero-order valence-corrected chi connectivity index (χ0v) is 13.2. The molecule has 0 saturated heterocycles. The van der Waals surface area contributed by atoms with E-state index in [0.29, 0.717) is 18.3 Å². The van der Waals surface area contributed by atoms with Crippen LogP contribution in [0.2, 0.25) is 0 Å². The molecule has 0 spiro atoms. The summed E-state index contributed by atoms with van der Waals surface area (Å²) < 4.78 is 0. The summed E-state index contributed by atoms with van der Waals surface area (Å²) >= 11 is 0. The molecule has 0 aliphatic heterocycles. The van der Waals surface area contributed by atoms with Crippen LogP contribution < -0.4 is 21.3 Å². The molecular weight excluding hydrogens is 304 g/mol. The minimum atomic E-state index is -0.308. The normalized spacial score (nSPS) is 13.0. The van der Waals surface area contributed by atoms with Crippen LogP contribution >= 0.6 is 0 Å². The summed E-state index contributed by atoms with van der Waals surface area (Å²) in [6.45, 7) is 0.411. The number of carbonyl (C=O) groups excluding carboxylic acids is 2. The van der Waals surface area contributed by atoms with Crippen LogP contribution in [0.1, 0.15) is 18.4 Å². The van der Waals surface area contributed by atoms with Gasteiger partial charge in [0.2, 0.25) is 0 Å². The average molecular weight is 324 g/mol. The third-order valence-electron chi connectivity index (χ3n) is 3.58. The SMILES string of the molecule is O=C(Nc1ccccc1)Nc1cccc(CNC(=O)NC2CC2)c1. The Bertz CT molecular complexity index is 714. The molecule has 1 aliphatic carbocycles. The number of nitrogens with one attached hydrogen (secondary N) is 4. The lowest BCUT2D eigenvalue weighted by Crippen LogP contribution is -2.36. The molecule has 2 aromatic rings. The second-order valence-corrected chi connectivity index (χ2v) is 5.75. The lowest BCUT2D eigenvalue weighted by atomic mass is 10.2. The van der Waals surface area contributed by atoms with Gasteiger partial charge in [-0.25, -0.2) is 9.59 Å². The molecule has 4 amide bonds. The molecule has 0 bridgehead atoms. The van der Waals surface area contributed by atoms with Crippen molar-refractivity contribution in [3.05, 3.63) is 60.2 Å². The molecule has 6 heteroatoms. The molecular formula is C18H20N4O2. The van der Waals surface area contributed by atoms with Gasteiger partial charge in [0.1, 0.15) is 0 Å². The van der Waals surface area contributed by atoms with E-state index >= 15 is 0 Å². The highest BCUT2D eigenvalue weighted by Crippen LogP contribution is 2.18. The quantitative estimate of drug-likeness (QED) is 0.680. The third-order valence-corrected chi connectivity index (χ3v) is 3.58. The van der Waals surface area contributed by atoms with E-state index in [1.54, 1.807) is 6.07 Å². The maximum Gasteiger partial charge on any atom is 0.323 e. The number of hydrogen-bond donors (Lipinski definition) is 4. The molecule has 1 saturated carbocycles. The largest absolute Gasteiger partial charge is 0.335 e. The van der Waals surface area contributed by atoms with Crippen LogP contribution in [0.25, 0.3) is 0 Å². The van der Waals surface area contributed by atoms with Crippen molar-refractivity contribution in [2.24, 2.45) is 0 Å². The highest BCUT2D eigenvalue weighted by atomic mass is 16.2. The highest BCUT2D eigenvalue weighted by Gasteiger charge is 2.22. The smallest absolute Gasteiger partial charge is 0.323 e. The molecule has 4 N–H and O–H groups in total. The summed E-state index contributed by atoms with van der Waals surface area (Å²) in [7, 11) is 0. The van der Waals surface area contributed by atoms with Crippen LogP contribution in [0, 0.1) is 0 Å². The molecule has 1 fully saturated rings. The summed E-state index contributed by atoms with van der Waals surface area (Å²) in [6.07, 6.45) is 2.12. The molecule has 2 aromatic carbocycles. The first kappa shape index (κ1) is 15.9. The number of rotatable bonds is 5. The molecule has 124 valence electrons. The van der Waals surface area contributed by atoms with E-state index in [1.165, 1.54) is 0 Å². The van der Waals surface area contributed by atoms with Crippen LogP contribution in [0.15, 0.2) is 54.6 Å². The van der Waals surface area contributed by atoms with E-state index in [2.05, 4.69) is 21.3 Å². The van der Waals surface area contributed by atoms with Crippen LogP contribution in [0.5, 0.6) is 0 Å². The van der Waals surface area contributed by atoms with E-state index in [9.17, 15) is 9.59 Å². The summed E-state index contributed by atoms with van der Waals surface area (Å²) in [6, 6.07) is 16.5. The van der Waals surface area contributed by atoms with Gasteiger partial charge in [0.15, 0.2) is 0 Å². The van der Waals surface area contributed by atoms with Crippen molar-refractivity contribution >= 4 is 23.4 Å². The highest BCUT2D eigenvalue weighted by molar-refractivity contribution is 5.99. The Morgan fingerprint density at radius 3 is 2.33 bits per heavy atom. The summed E-state index contributed by atoms with van der Waals surface area (Å²) in [5, 5.41) is 11.2. The molecule has 1 aliphatic rings. The fraction of sp³-hybridized carbons (Fsp3) is 0.222. The number of benzene rings is 2. The Morgan fingerprint density at radius 2 is 1.58 bits per heavy atom. The second-order valence-electron chi connectivity index (χ2n) is 5.75. The molecule has 0 heterocycles. The predicted octanol–water partition coefficient (Wildman–Crippen LogP) is 3.29. The van der Waals surface area contributed by atoms with Gasteiger partial charge >= 0.3 is 12.1 Å². The molecule has 3 rings (SSSR count). The van der Waals surface area contributed by atoms with E-state index in [4.69, 9.17) is 0 Å². The molecule has 0 atom stereocenters. The standard InChI is InChI=1S/C18H20N4O2/c23-17(20-15-9-10-15)19-12-13-5-4-8-16(11-13)22-18(24)21-14-6-2-1-3-7-14/h1-8,11,15H,9-10,12H2,(H2,19,20,23)(H2,21,22,24). The van der Waals surface area contributed by atoms with Gasteiger partial charge in [0.05, 0.1) is 0 Å². The maximum absolute atomic E-state index is 12.0. The van der Waals surface area contributed by atoms with E-state index in [1.807, 2.05) is 48.5 Å². The summed E-state index contributed by atoms with van der Waals surface area (Å²) in [5.41, 5.74) is 2.31. The Labute approximate surface area is 140 Å². The van der Waals surface area contributed by atoms with Gasteiger partial charge in [0.25, 0.3) is 0 Å². The van der Waals surface area contributed by atoms with Crippen molar-refractivity contribution < 1.29 is 9.59 Å². The number of anilines is 2. The summed E-state index contributed by atoms with van der Waals surface area (Å²) in [5.74, 6) is 0. The van der Waals surface area contributed by atoms with Crippen LogP contribution in [0.3, 0.4) is 0 Å². The lowest BCUT2D eigenvalue weighted by Gasteiger charge is -2.10. The lowest BCUT2D eigenvalue weighted by molar-refractivity contribution is 0.240. The fourth-order valence-corrected chi connectivity index (χ4v) is 2.22. The summed E-state index contributed by atoms with van der Waals surface area (Å²) in [4.78, 5) is 23.6. The van der Waals surface area contributed by atoms with Crippen molar-refractivity contribution in [2.45, 2.75) is 25.4 Å². The molecule has 0 radical (unpaired) electrons. The minimum absolute atomic E-state index is 0.155. The van der Waals surface area contributed by atoms with Gasteiger partial charge in [-0.15, -0.1) is 0 Å². The monoisotopic (exact) mass is 324 g/mol. The Morgan fingerprint density at radius 1 is 0.875 bits per heavy atom. The van der Waals surface area contributed by atoms with Crippen molar-refractivity contribution in [3.63, 3.8) is 0 Å². The van der Waals surface area contributed by atoms with Gasteiger partial charge < -0.3 is 21.3 Å². The Hall–Kier alpha value is -3.02. The zero-order chi connectivity index (χ0) is 16.8. The topological polar surface area (TPSA) is 82.3 Å². The molecule has 6 nitrogen and oxygen atoms in total. The van der Waals surface area contributed by atoms with Gasteiger partial charge in [-0.1, -0.05) is 30.3 Å². The van der Waals surface area contributed by atoms with Crippen molar-refractivity contribution in [1.29, 1.82) is 0 Å². The van der Waals surface area contributed by atoms with Gasteiger partial charge in [-0.3, -0.25) is 0 Å². The van der Waals surface area contributed by atoms with Crippen molar-refractivity contribution in [1.82, 2.24) is 10.6 Å². The van der Waals surface area contributed by atoms with Crippen molar-refractivity contribution in [2.75, 3.05) is 10.6 Å². The zero-order valence-electron chi connectivity index (χ0n) is 13.2. The Kier molecular flexibility index (Phi) is 4.96. The molecule has 24 heavy (non-hydrogen) atoms. The molecule has 0 aromatic heterocycles. The van der Waals surface area contributed by atoms with Gasteiger partial charge in [-0.05, 0) is 42.7 Å². The average Bonchev–Trinajstić information content (AvgIpc) is 3.38. The first-order chi connectivity index (χ1) is 11.7. The molecule has 0 unspecified atom stereocenters. The number of para-hydroxylation sites is 1. The van der Waals surface area contributed by atoms with Crippen LogP contribution in [0.4, 0.5) is 21.0 Å². The van der Waals surface area contributed by atoms with Crippen molar-refractivity contribution in [3.8, 4) is 0 Å².